The number of nitrogens with zero attached hydrogens (tertiary/aromatic N) is 3. The first-order valence-electron chi connectivity index (χ1n) is 9.09. The van der Waals surface area contributed by atoms with Crippen LogP contribution in [0.25, 0.3) is 11.4 Å². The highest BCUT2D eigenvalue weighted by Gasteiger charge is 2.16. The molecular formula is C19H17ClN6O4S. The second-order valence-corrected chi connectivity index (χ2v) is 7.71. The number of nitrogens with two attached hydrogens (primary N) is 1. The Balaban J connectivity index is 1.31. The van der Waals surface area contributed by atoms with Crippen molar-refractivity contribution in [1.82, 2.24) is 20.2 Å². The maximum absolute atomic E-state index is 12.1. The summed E-state index contributed by atoms with van der Waals surface area (Å²) in [6, 6.07) is 11.3. The molecule has 0 spiro atoms. The smallest absolute Gasteiger partial charge is 0.325 e. The number of urea groups is 1. The Kier molecular flexibility index (Phi) is 6.14. The maximum Gasteiger partial charge on any atom is 0.325 e. The summed E-state index contributed by atoms with van der Waals surface area (Å²) in [6.45, 7) is 0.909. The number of nitrogens with one attached hydrogen (secondary N) is 2. The number of benzene rings is 2. The molecule has 1 aliphatic heterocycles. The van der Waals surface area contributed by atoms with Crippen LogP contribution in [0.5, 0.6) is 11.5 Å². The van der Waals surface area contributed by atoms with E-state index in [2.05, 4.69) is 20.8 Å². The summed E-state index contributed by atoms with van der Waals surface area (Å²) < 4.78 is 12.2. The lowest BCUT2D eigenvalue weighted by Gasteiger charge is -2.19. The van der Waals surface area contributed by atoms with Gasteiger partial charge in [-0.2, -0.15) is 0 Å². The summed E-state index contributed by atoms with van der Waals surface area (Å²) in [5, 5.41) is 13.7. The maximum atomic E-state index is 12.1. The Morgan fingerprint density at radius 2 is 1.94 bits per heavy atom. The molecule has 3 aromatic rings. The van der Waals surface area contributed by atoms with Crippen LogP contribution in [0, 0.1) is 0 Å². The largest absolute Gasteiger partial charge is 0.486 e. The molecule has 1 aliphatic rings. The number of anilines is 1. The first-order chi connectivity index (χ1) is 15.0. The van der Waals surface area contributed by atoms with Gasteiger partial charge in [-0.1, -0.05) is 35.5 Å². The predicted molar refractivity (Wildman–Crippen MR) is 116 cm³/mol. The van der Waals surface area contributed by atoms with Gasteiger partial charge >= 0.3 is 6.03 Å². The molecule has 0 unspecified atom stereocenters. The van der Waals surface area contributed by atoms with E-state index >= 15 is 0 Å². The quantitative estimate of drug-likeness (QED) is 0.390. The number of rotatable bonds is 5. The summed E-state index contributed by atoms with van der Waals surface area (Å²) in [4.78, 5) is 24.2. The van der Waals surface area contributed by atoms with Crippen molar-refractivity contribution in [3.63, 3.8) is 0 Å². The fourth-order valence-electron chi connectivity index (χ4n) is 2.78. The molecule has 0 aliphatic carbocycles. The van der Waals surface area contributed by atoms with Crippen molar-refractivity contribution in [2.24, 2.45) is 0 Å². The lowest BCUT2D eigenvalue weighted by atomic mass is 10.2. The molecule has 2 aromatic carbocycles. The van der Waals surface area contributed by atoms with E-state index in [0.717, 1.165) is 11.8 Å². The van der Waals surface area contributed by atoms with Crippen molar-refractivity contribution < 1.29 is 19.1 Å². The van der Waals surface area contributed by atoms with Gasteiger partial charge in [-0.3, -0.25) is 10.1 Å². The molecule has 31 heavy (non-hydrogen) atoms. The minimum absolute atomic E-state index is 0.0839. The number of imide groups is 1. The molecular weight excluding hydrogens is 444 g/mol. The third-order valence-corrected chi connectivity index (χ3v) is 5.31. The molecule has 10 nitrogen and oxygen atoms in total. The molecule has 2 heterocycles. The predicted octanol–water partition coefficient (Wildman–Crippen LogP) is 2.52. The number of fused-ring (bicyclic) bond motifs is 1. The van der Waals surface area contributed by atoms with Crippen LogP contribution in [-0.4, -0.2) is 45.8 Å². The van der Waals surface area contributed by atoms with Crippen LogP contribution in [0.3, 0.4) is 0 Å². The molecule has 0 saturated heterocycles. The molecule has 4 rings (SSSR count). The minimum atomic E-state index is -0.670. The summed E-state index contributed by atoms with van der Waals surface area (Å²) in [5.41, 5.74) is 1.16. The third-order valence-electron chi connectivity index (χ3n) is 4.13. The van der Waals surface area contributed by atoms with E-state index in [4.69, 9.17) is 26.9 Å². The number of carbonyl (C=O) groups excluding carboxylic acids is 2. The SMILES string of the molecule is Nn1c(SCC(=O)NC(=O)Nc2ccc3c(c2)OCCO3)nnc1-c1cccc(Cl)c1. The second-order valence-electron chi connectivity index (χ2n) is 6.34. The van der Waals surface area contributed by atoms with Crippen LogP contribution < -0.4 is 25.9 Å². The Morgan fingerprint density at radius 1 is 1.13 bits per heavy atom. The fraction of sp³-hybridized carbons (Fsp3) is 0.158. The molecule has 0 bridgehead atoms. The highest BCUT2D eigenvalue weighted by atomic mass is 35.5. The lowest BCUT2D eigenvalue weighted by molar-refractivity contribution is -0.117. The van der Waals surface area contributed by atoms with Crippen molar-refractivity contribution in [3.8, 4) is 22.9 Å². The number of aromatic nitrogens is 3. The van der Waals surface area contributed by atoms with E-state index in [1.807, 2.05) is 0 Å². The zero-order valence-corrected chi connectivity index (χ0v) is 17.6. The molecule has 0 radical (unpaired) electrons. The molecule has 4 N–H and O–H groups in total. The van der Waals surface area contributed by atoms with Gasteiger partial charge in [0.1, 0.15) is 13.2 Å². The summed E-state index contributed by atoms with van der Waals surface area (Å²) in [7, 11) is 0. The summed E-state index contributed by atoms with van der Waals surface area (Å²) >= 11 is 7.04. The standard InChI is InChI=1S/C19H17ClN6O4S/c20-12-3-1-2-11(8-12)17-24-25-19(26(17)21)31-10-16(27)23-18(28)22-13-4-5-14-15(9-13)30-7-6-29-14/h1-5,8-9H,6-7,10,21H2,(H2,22,23,27,28). The van der Waals surface area contributed by atoms with Gasteiger partial charge in [-0.15, -0.1) is 10.2 Å². The number of hydrogen-bond acceptors (Lipinski definition) is 8. The molecule has 1 aromatic heterocycles. The molecule has 12 heteroatoms. The van der Waals surface area contributed by atoms with E-state index in [0.29, 0.717) is 52.0 Å². The number of thioether (sulfide) groups is 1. The van der Waals surface area contributed by atoms with Crippen molar-refractivity contribution in [3.05, 3.63) is 47.5 Å². The number of nitrogen functional groups attached to an aromatic ring is 1. The van der Waals surface area contributed by atoms with Crippen molar-refractivity contribution in [2.45, 2.75) is 5.16 Å². The number of hydrogen-bond donors (Lipinski definition) is 3. The van der Waals surface area contributed by atoms with Gasteiger partial charge in [0.05, 0.1) is 5.75 Å². The minimum Gasteiger partial charge on any atom is -0.486 e. The van der Waals surface area contributed by atoms with Crippen LogP contribution in [0.15, 0.2) is 47.6 Å². The second kappa shape index (κ2) is 9.14. The Hall–Kier alpha value is -3.44. The lowest BCUT2D eigenvalue weighted by Crippen LogP contribution is -2.35. The summed E-state index contributed by atoms with van der Waals surface area (Å²) in [6.07, 6.45) is 0. The molecule has 160 valence electrons. The molecule has 0 saturated carbocycles. The normalized spacial score (nSPS) is 12.3. The Labute approximate surface area is 186 Å². The van der Waals surface area contributed by atoms with Crippen LogP contribution in [0.2, 0.25) is 5.02 Å². The van der Waals surface area contributed by atoms with E-state index in [9.17, 15) is 9.59 Å². The highest BCUT2D eigenvalue weighted by Crippen LogP contribution is 2.32. The number of carbonyl (C=O) groups is 2. The van der Waals surface area contributed by atoms with E-state index in [-0.39, 0.29) is 5.75 Å². The van der Waals surface area contributed by atoms with E-state index in [1.54, 1.807) is 42.5 Å². The average Bonchev–Trinajstić information content (AvgIpc) is 3.12. The van der Waals surface area contributed by atoms with Crippen molar-refractivity contribution in [1.29, 1.82) is 0 Å². The van der Waals surface area contributed by atoms with Gasteiger partial charge in [0.25, 0.3) is 0 Å². The fourth-order valence-corrected chi connectivity index (χ4v) is 3.62. The van der Waals surface area contributed by atoms with Crippen LogP contribution in [0.1, 0.15) is 0 Å². The zero-order chi connectivity index (χ0) is 21.8. The summed E-state index contributed by atoms with van der Waals surface area (Å²) in [5.74, 6) is 6.96. The van der Waals surface area contributed by atoms with Crippen LogP contribution in [-0.2, 0) is 4.79 Å². The average molecular weight is 461 g/mol. The highest BCUT2D eigenvalue weighted by molar-refractivity contribution is 7.99. The first-order valence-corrected chi connectivity index (χ1v) is 10.5. The Morgan fingerprint density at radius 3 is 2.74 bits per heavy atom. The van der Waals surface area contributed by atoms with Gasteiger partial charge in [0.2, 0.25) is 11.1 Å². The van der Waals surface area contributed by atoms with Crippen LogP contribution in [0.4, 0.5) is 10.5 Å². The molecule has 3 amide bonds. The third kappa shape index (κ3) is 5.01. The van der Waals surface area contributed by atoms with E-state index in [1.165, 1.54) is 4.68 Å². The molecule has 0 fully saturated rings. The van der Waals surface area contributed by atoms with Gasteiger partial charge in [0.15, 0.2) is 17.3 Å². The first kappa shape index (κ1) is 20.8. The Bertz CT molecular complexity index is 1140. The monoisotopic (exact) mass is 460 g/mol. The number of halogens is 1. The topological polar surface area (TPSA) is 133 Å². The number of ether oxygens (including phenoxy) is 2. The zero-order valence-electron chi connectivity index (χ0n) is 16.0. The van der Waals surface area contributed by atoms with Crippen molar-refractivity contribution in [2.75, 3.05) is 30.1 Å². The van der Waals surface area contributed by atoms with Gasteiger partial charge in [0, 0.05) is 22.3 Å². The van der Waals surface area contributed by atoms with Gasteiger partial charge in [-0.05, 0) is 24.3 Å². The van der Waals surface area contributed by atoms with Gasteiger partial charge in [-0.25, -0.2) is 9.47 Å². The molecule has 0 atom stereocenters. The van der Waals surface area contributed by atoms with Gasteiger partial charge < -0.3 is 20.6 Å². The van der Waals surface area contributed by atoms with Crippen LogP contribution >= 0.6 is 23.4 Å². The number of amides is 3. The van der Waals surface area contributed by atoms with Crippen molar-refractivity contribution >= 4 is 41.0 Å². The van der Waals surface area contributed by atoms with E-state index < -0.39 is 11.9 Å².